The second-order valence-electron chi connectivity index (χ2n) is 6.43. The number of rotatable bonds is 2. The molecule has 2 aromatic carbocycles. The van der Waals surface area contributed by atoms with Gasteiger partial charge < -0.3 is 10.5 Å². The number of esters is 1. The van der Waals surface area contributed by atoms with E-state index >= 15 is 8.78 Å². The zero-order chi connectivity index (χ0) is 21.8. The summed E-state index contributed by atoms with van der Waals surface area (Å²) in [6, 6.07) is 6.12. The van der Waals surface area contributed by atoms with Crippen LogP contribution in [-0.2, 0) is 4.79 Å². The van der Waals surface area contributed by atoms with Crippen molar-refractivity contribution in [1.82, 2.24) is 15.2 Å². The molecule has 0 bridgehead atoms. The van der Waals surface area contributed by atoms with Gasteiger partial charge in [-0.05, 0) is 19.1 Å². The first-order chi connectivity index (χ1) is 14.1. The first-order valence-corrected chi connectivity index (χ1v) is 8.39. The Bertz CT molecular complexity index is 1310. The number of carbonyl (C=O) groups excluding carboxylic acids is 1. The summed E-state index contributed by atoms with van der Waals surface area (Å²) in [4.78, 5) is 15.5. The van der Waals surface area contributed by atoms with E-state index in [1.54, 1.807) is 0 Å². The maximum absolute atomic E-state index is 15.3. The first kappa shape index (κ1) is 19.6. The Labute approximate surface area is 164 Å². The summed E-state index contributed by atoms with van der Waals surface area (Å²) in [5.74, 6) is -6.25. The third-order valence-corrected chi connectivity index (χ3v) is 4.52. The third kappa shape index (κ3) is 2.98. The van der Waals surface area contributed by atoms with Gasteiger partial charge in [0, 0.05) is 33.0 Å². The van der Waals surface area contributed by atoms with E-state index in [0.717, 1.165) is 13.1 Å². The lowest BCUT2D eigenvalue weighted by atomic mass is 9.98. The monoisotopic (exact) mass is 422 g/mol. The Morgan fingerprint density at radius 1 is 1.10 bits per heavy atom. The lowest BCUT2D eigenvalue weighted by molar-refractivity contribution is -0.189. The molecule has 0 atom stereocenters. The van der Waals surface area contributed by atoms with Crippen LogP contribution in [0.15, 0.2) is 30.5 Å². The average Bonchev–Trinajstić information content (AvgIpc) is 3.16. The molecule has 4 rings (SSSR count). The fourth-order valence-corrected chi connectivity index (χ4v) is 3.10. The Hall–Kier alpha value is -3.76. The quantitative estimate of drug-likeness (QED) is 0.216. The van der Waals surface area contributed by atoms with Crippen molar-refractivity contribution in [2.75, 3.05) is 5.73 Å². The van der Waals surface area contributed by atoms with Crippen LogP contribution in [0.1, 0.15) is 5.56 Å². The summed E-state index contributed by atoms with van der Waals surface area (Å²) in [5, 5.41) is 5.54. The minimum atomic E-state index is -5.39. The standard InChI is InChI=1S/C19H11F5N4O2/c1-7-13(20)12-11(14(21)16(7)30-18(29)19(22,23)24)10-6-26-28-17(10)27-15(12)8-2-4-9(25)5-3-8/h2-6H,25H2,1H3,(H,26,27,28). The summed E-state index contributed by atoms with van der Waals surface area (Å²) in [6.07, 6.45) is -4.24. The molecule has 30 heavy (non-hydrogen) atoms. The summed E-state index contributed by atoms with van der Waals surface area (Å²) < 4.78 is 72.6. The molecular weight excluding hydrogens is 411 g/mol. The second-order valence-corrected chi connectivity index (χ2v) is 6.43. The van der Waals surface area contributed by atoms with Crippen LogP contribution in [-0.4, -0.2) is 27.3 Å². The lowest BCUT2D eigenvalue weighted by Crippen LogP contribution is -2.28. The topological polar surface area (TPSA) is 93.9 Å². The molecule has 6 nitrogen and oxygen atoms in total. The van der Waals surface area contributed by atoms with E-state index in [0.29, 0.717) is 11.3 Å². The summed E-state index contributed by atoms with van der Waals surface area (Å²) >= 11 is 0. The number of carbonyl (C=O) groups is 1. The number of pyridine rings is 1. The smallest absolute Gasteiger partial charge is 0.416 e. The van der Waals surface area contributed by atoms with Crippen molar-refractivity contribution >= 4 is 33.5 Å². The van der Waals surface area contributed by atoms with Gasteiger partial charge in [-0.1, -0.05) is 12.1 Å². The highest BCUT2D eigenvalue weighted by Crippen LogP contribution is 2.41. The average molecular weight is 422 g/mol. The molecule has 0 aliphatic heterocycles. The predicted molar refractivity (Wildman–Crippen MR) is 97.6 cm³/mol. The van der Waals surface area contributed by atoms with Crippen LogP contribution in [0.3, 0.4) is 0 Å². The molecule has 154 valence electrons. The molecule has 2 aromatic heterocycles. The summed E-state index contributed by atoms with van der Waals surface area (Å²) in [6.45, 7) is 1.00. The van der Waals surface area contributed by atoms with Gasteiger partial charge in [0.2, 0.25) is 0 Å². The van der Waals surface area contributed by atoms with Gasteiger partial charge in [-0.15, -0.1) is 0 Å². The largest absolute Gasteiger partial charge is 0.491 e. The number of halogens is 5. The number of ether oxygens (including phenoxy) is 1. The molecule has 0 spiro atoms. The maximum atomic E-state index is 15.3. The molecule has 0 saturated heterocycles. The Balaban J connectivity index is 2.09. The van der Waals surface area contributed by atoms with Gasteiger partial charge >= 0.3 is 12.1 Å². The minimum Gasteiger partial charge on any atom is -0.416 e. The van der Waals surface area contributed by atoms with E-state index in [4.69, 9.17) is 5.73 Å². The van der Waals surface area contributed by atoms with Crippen LogP contribution in [0.4, 0.5) is 27.6 Å². The molecule has 0 aliphatic carbocycles. The van der Waals surface area contributed by atoms with Gasteiger partial charge in [0.05, 0.1) is 11.9 Å². The number of hydrogen-bond acceptors (Lipinski definition) is 5. The molecule has 0 radical (unpaired) electrons. The lowest BCUT2D eigenvalue weighted by Gasteiger charge is -2.16. The zero-order valence-corrected chi connectivity index (χ0v) is 15.1. The van der Waals surface area contributed by atoms with Gasteiger partial charge in [0.1, 0.15) is 5.82 Å². The molecule has 3 N–H and O–H groups in total. The van der Waals surface area contributed by atoms with Gasteiger partial charge in [-0.2, -0.15) is 18.3 Å². The summed E-state index contributed by atoms with van der Waals surface area (Å²) in [5.41, 5.74) is 5.92. The van der Waals surface area contributed by atoms with Crippen molar-refractivity contribution < 1.29 is 31.5 Å². The normalized spacial score (nSPS) is 11.9. The number of fused-ring (bicyclic) bond motifs is 3. The number of H-pyrrole nitrogens is 1. The number of nitrogen functional groups attached to an aromatic ring is 1. The van der Waals surface area contributed by atoms with Crippen LogP contribution in [0.5, 0.6) is 5.75 Å². The van der Waals surface area contributed by atoms with Crippen molar-refractivity contribution in [3.63, 3.8) is 0 Å². The number of benzene rings is 2. The van der Waals surface area contributed by atoms with E-state index in [-0.39, 0.29) is 22.1 Å². The fraction of sp³-hybridized carbons (Fsp3) is 0.105. The van der Waals surface area contributed by atoms with E-state index in [2.05, 4.69) is 19.9 Å². The molecule has 0 fully saturated rings. The molecule has 11 heteroatoms. The predicted octanol–water partition coefficient (Wildman–Crippen LogP) is 4.41. The van der Waals surface area contributed by atoms with Crippen LogP contribution in [0, 0.1) is 18.6 Å². The van der Waals surface area contributed by atoms with E-state index in [9.17, 15) is 18.0 Å². The molecular formula is C19H11F5N4O2. The maximum Gasteiger partial charge on any atom is 0.491 e. The van der Waals surface area contributed by atoms with E-state index in [1.165, 1.54) is 24.3 Å². The number of nitrogens with two attached hydrogens (primary N) is 1. The number of hydrogen-bond donors (Lipinski definition) is 2. The van der Waals surface area contributed by atoms with Crippen molar-refractivity contribution in [3.8, 4) is 17.0 Å². The van der Waals surface area contributed by atoms with Gasteiger partial charge in [-0.3, -0.25) is 5.10 Å². The Kier molecular flexibility index (Phi) is 4.33. The SMILES string of the molecule is Cc1c(OC(=O)C(F)(F)F)c(F)c2c(c(-c3ccc(N)cc3)nc3[nH]ncc32)c1F. The molecule has 4 aromatic rings. The molecule has 0 amide bonds. The van der Waals surface area contributed by atoms with Crippen molar-refractivity contribution in [1.29, 1.82) is 0 Å². The molecule has 2 heterocycles. The van der Waals surface area contributed by atoms with Gasteiger partial charge in [-0.25, -0.2) is 18.6 Å². The zero-order valence-electron chi connectivity index (χ0n) is 15.1. The highest BCUT2D eigenvalue weighted by atomic mass is 19.4. The van der Waals surface area contributed by atoms with Gasteiger partial charge in [0.15, 0.2) is 17.2 Å². The number of nitrogens with one attached hydrogen (secondary N) is 1. The highest BCUT2D eigenvalue weighted by molar-refractivity contribution is 6.11. The number of aromatic nitrogens is 3. The van der Waals surface area contributed by atoms with Crippen molar-refractivity contribution in [2.24, 2.45) is 0 Å². The van der Waals surface area contributed by atoms with Gasteiger partial charge in [0.25, 0.3) is 0 Å². The molecule has 0 saturated carbocycles. The number of nitrogens with zero attached hydrogens (tertiary/aromatic N) is 2. The van der Waals surface area contributed by atoms with Crippen LogP contribution in [0.25, 0.3) is 33.1 Å². The molecule has 0 aliphatic rings. The molecule has 0 unspecified atom stereocenters. The number of anilines is 1. The third-order valence-electron chi connectivity index (χ3n) is 4.52. The Morgan fingerprint density at radius 3 is 2.40 bits per heavy atom. The fourth-order valence-electron chi connectivity index (χ4n) is 3.10. The number of aromatic amines is 1. The van der Waals surface area contributed by atoms with Crippen LogP contribution in [0.2, 0.25) is 0 Å². The number of alkyl halides is 3. The van der Waals surface area contributed by atoms with E-state index in [1.807, 2.05) is 0 Å². The second kappa shape index (κ2) is 6.65. The Morgan fingerprint density at radius 2 is 1.77 bits per heavy atom. The van der Waals surface area contributed by atoms with E-state index < -0.39 is 40.5 Å². The highest BCUT2D eigenvalue weighted by Gasteiger charge is 2.42. The van der Waals surface area contributed by atoms with Crippen molar-refractivity contribution in [3.05, 3.63) is 47.7 Å². The first-order valence-electron chi connectivity index (χ1n) is 8.39. The van der Waals surface area contributed by atoms with Crippen molar-refractivity contribution in [2.45, 2.75) is 13.1 Å². The minimum absolute atomic E-state index is 0.00454. The van der Waals surface area contributed by atoms with Crippen LogP contribution >= 0.6 is 0 Å². The summed E-state index contributed by atoms with van der Waals surface area (Å²) in [7, 11) is 0. The van der Waals surface area contributed by atoms with Crippen LogP contribution < -0.4 is 10.5 Å².